The molecule has 7 heteroatoms. The number of halogens is 1. The number of rotatable bonds is 6. The second kappa shape index (κ2) is 6.97. The first-order valence-electron chi connectivity index (χ1n) is 6.71. The van der Waals surface area contributed by atoms with E-state index >= 15 is 0 Å². The highest BCUT2D eigenvalue weighted by Gasteiger charge is 2.30. The lowest BCUT2D eigenvalue weighted by Gasteiger charge is -2.44. The Bertz CT molecular complexity index is 375. The molecular weight excluding hydrogens is 269 g/mol. The first-order valence-corrected chi connectivity index (χ1v) is 8.56. The Morgan fingerprint density at radius 3 is 2.47 bits per heavy atom. The van der Waals surface area contributed by atoms with Crippen molar-refractivity contribution in [3.63, 3.8) is 0 Å². The van der Waals surface area contributed by atoms with E-state index < -0.39 is 10.0 Å². The van der Waals surface area contributed by atoms with Crippen molar-refractivity contribution >= 4 is 10.0 Å². The van der Waals surface area contributed by atoms with Crippen LogP contribution in [0.3, 0.4) is 0 Å². The Labute approximate surface area is 116 Å². The number of likely N-dealkylation sites (N-methyl/N-ethyl adjacent to an activating group) is 1. The van der Waals surface area contributed by atoms with Crippen LogP contribution in [0.25, 0.3) is 0 Å². The molecule has 1 fully saturated rings. The summed E-state index contributed by atoms with van der Waals surface area (Å²) in [7, 11) is -1.57. The van der Waals surface area contributed by atoms with Crippen LogP contribution >= 0.6 is 0 Å². The summed E-state index contributed by atoms with van der Waals surface area (Å²) in [6.07, 6.45) is 1.22. The molecular formula is C12H26FN3O2S. The lowest BCUT2D eigenvalue weighted by molar-refractivity contribution is 0.0418. The van der Waals surface area contributed by atoms with Crippen molar-refractivity contribution in [1.82, 2.24) is 14.1 Å². The summed E-state index contributed by atoms with van der Waals surface area (Å²) in [5.74, 6) is 0. The van der Waals surface area contributed by atoms with E-state index in [0.29, 0.717) is 19.1 Å². The Morgan fingerprint density at radius 1 is 1.37 bits per heavy atom. The Balaban J connectivity index is 2.72. The van der Waals surface area contributed by atoms with Crippen molar-refractivity contribution < 1.29 is 12.8 Å². The summed E-state index contributed by atoms with van der Waals surface area (Å²) >= 11 is 0. The third kappa shape index (κ3) is 4.98. The Morgan fingerprint density at radius 2 is 2.00 bits per heavy atom. The van der Waals surface area contributed by atoms with Crippen molar-refractivity contribution in [1.29, 1.82) is 0 Å². The van der Waals surface area contributed by atoms with Crippen molar-refractivity contribution in [2.75, 3.05) is 52.7 Å². The molecule has 0 aromatic carbocycles. The molecule has 1 aliphatic heterocycles. The quantitative estimate of drug-likeness (QED) is 0.704. The van der Waals surface area contributed by atoms with Gasteiger partial charge in [0.1, 0.15) is 6.67 Å². The molecule has 1 atom stereocenters. The van der Waals surface area contributed by atoms with Crippen LogP contribution in [-0.4, -0.2) is 87.3 Å². The first kappa shape index (κ1) is 16.8. The normalized spacial score (nSPS) is 23.4. The molecule has 0 radical (unpaired) electrons. The minimum atomic E-state index is -3.17. The van der Waals surface area contributed by atoms with Gasteiger partial charge in [0.05, 0.1) is 6.26 Å². The summed E-state index contributed by atoms with van der Waals surface area (Å²) < 4.78 is 36.9. The van der Waals surface area contributed by atoms with Crippen LogP contribution in [0.1, 0.15) is 13.8 Å². The van der Waals surface area contributed by atoms with Gasteiger partial charge in [-0.25, -0.2) is 17.1 Å². The third-order valence-corrected chi connectivity index (χ3v) is 4.99. The SMILES string of the molecule is CC(C)N1CCN(CCF)CC1CN(C)S(C)(=O)=O. The van der Waals surface area contributed by atoms with Gasteiger partial charge in [0, 0.05) is 51.9 Å². The molecule has 1 unspecified atom stereocenters. The molecule has 0 saturated carbocycles. The predicted octanol–water partition coefficient (Wildman–Crippen LogP) is 0.242. The molecule has 1 rings (SSSR count). The molecule has 0 amide bonds. The average Bonchev–Trinajstić information content (AvgIpc) is 2.28. The van der Waals surface area contributed by atoms with Crippen molar-refractivity contribution in [2.45, 2.75) is 25.9 Å². The Hall–Kier alpha value is -0.240. The van der Waals surface area contributed by atoms with E-state index in [-0.39, 0.29) is 12.7 Å². The molecule has 0 aromatic rings. The maximum absolute atomic E-state index is 12.5. The van der Waals surface area contributed by atoms with Gasteiger partial charge in [-0.2, -0.15) is 0 Å². The highest BCUT2D eigenvalue weighted by Crippen LogP contribution is 2.15. The number of sulfonamides is 1. The van der Waals surface area contributed by atoms with Crippen LogP contribution in [-0.2, 0) is 10.0 Å². The van der Waals surface area contributed by atoms with Gasteiger partial charge in [0.2, 0.25) is 10.0 Å². The number of nitrogens with zero attached hydrogens (tertiary/aromatic N) is 3. The first-order chi connectivity index (χ1) is 8.75. The van der Waals surface area contributed by atoms with E-state index in [2.05, 4.69) is 23.6 Å². The fourth-order valence-electron chi connectivity index (χ4n) is 2.53. The summed E-state index contributed by atoms with van der Waals surface area (Å²) in [6.45, 7) is 7.20. The molecule has 1 heterocycles. The number of hydrogen-bond acceptors (Lipinski definition) is 4. The standard InChI is InChI=1S/C12H26FN3O2S/c1-11(2)16-8-7-15(6-5-13)10-12(16)9-14(3)19(4,17)18/h11-12H,5-10H2,1-4H3. The molecule has 1 saturated heterocycles. The maximum atomic E-state index is 12.5. The smallest absolute Gasteiger partial charge is 0.211 e. The summed E-state index contributed by atoms with van der Waals surface area (Å²) in [4.78, 5) is 4.37. The van der Waals surface area contributed by atoms with E-state index in [9.17, 15) is 12.8 Å². The van der Waals surface area contributed by atoms with Gasteiger partial charge in [0.25, 0.3) is 0 Å². The lowest BCUT2D eigenvalue weighted by atomic mass is 10.1. The molecule has 0 aromatic heterocycles. The van der Waals surface area contributed by atoms with Gasteiger partial charge >= 0.3 is 0 Å². The monoisotopic (exact) mass is 295 g/mol. The van der Waals surface area contributed by atoms with E-state index in [0.717, 1.165) is 19.6 Å². The number of alkyl halides is 1. The van der Waals surface area contributed by atoms with Crippen molar-refractivity contribution in [2.24, 2.45) is 0 Å². The number of piperazine rings is 1. The fourth-order valence-corrected chi connectivity index (χ4v) is 2.97. The van der Waals surface area contributed by atoms with Gasteiger partial charge in [-0.05, 0) is 13.8 Å². The van der Waals surface area contributed by atoms with Gasteiger partial charge < -0.3 is 0 Å². The summed E-state index contributed by atoms with van der Waals surface area (Å²) in [5.41, 5.74) is 0. The van der Waals surface area contributed by atoms with E-state index in [4.69, 9.17) is 0 Å². The van der Waals surface area contributed by atoms with Crippen LogP contribution in [0, 0.1) is 0 Å². The van der Waals surface area contributed by atoms with Gasteiger partial charge in [-0.1, -0.05) is 0 Å². The molecule has 0 bridgehead atoms. The minimum Gasteiger partial charge on any atom is -0.298 e. The summed E-state index contributed by atoms with van der Waals surface area (Å²) in [5, 5.41) is 0. The van der Waals surface area contributed by atoms with E-state index in [1.807, 2.05) is 0 Å². The van der Waals surface area contributed by atoms with Crippen molar-refractivity contribution in [3.8, 4) is 0 Å². The van der Waals surface area contributed by atoms with Crippen LogP contribution in [0.5, 0.6) is 0 Å². The second-order valence-corrected chi connectivity index (χ2v) is 7.61. The largest absolute Gasteiger partial charge is 0.298 e. The zero-order valence-electron chi connectivity index (χ0n) is 12.3. The molecule has 114 valence electrons. The fraction of sp³-hybridized carbons (Fsp3) is 1.00. The van der Waals surface area contributed by atoms with Crippen LogP contribution in [0.2, 0.25) is 0 Å². The minimum absolute atomic E-state index is 0.125. The number of hydrogen-bond donors (Lipinski definition) is 0. The van der Waals surface area contributed by atoms with E-state index in [1.54, 1.807) is 7.05 Å². The predicted molar refractivity (Wildman–Crippen MR) is 75.5 cm³/mol. The second-order valence-electron chi connectivity index (χ2n) is 5.52. The third-order valence-electron chi connectivity index (χ3n) is 3.71. The van der Waals surface area contributed by atoms with Crippen molar-refractivity contribution in [3.05, 3.63) is 0 Å². The van der Waals surface area contributed by atoms with Crippen LogP contribution < -0.4 is 0 Å². The van der Waals surface area contributed by atoms with Crippen LogP contribution in [0.4, 0.5) is 4.39 Å². The summed E-state index contributed by atoms with van der Waals surface area (Å²) in [6, 6.07) is 0.491. The average molecular weight is 295 g/mol. The Kier molecular flexibility index (Phi) is 6.16. The molecule has 0 aliphatic carbocycles. The zero-order valence-corrected chi connectivity index (χ0v) is 13.2. The van der Waals surface area contributed by atoms with Crippen LogP contribution in [0.15, 0.2) is 0 Å². The zero-order chi connectivity index (χ0) is 14.6. The highest BCUT2D eigenvalue weighted by molar-refractivity contribution is 7.88. The molecule has 0 spiro atoms. The molecule has 1 aliphatic rings. The lowest BCUT2D eigenvalue weighted by Crippen LogP contribution is -2.59. The molecule has 0 N–H and O–H groups in total. The van der Waals surface area contributed by atoms with Gasteiger partial charge in [-0.15, -0.1) is 0 Å². The van der Waals surface area contributed by atoms with Gasteiger partial charge in [0.15, 0.2) is 0 Å². The van der Waals surface area contributed by atoms with E-state index in [1.165, 1.54) is 10.6 Å². The van der Waals surface area contributed by atoms with Gasteiger partial charge in [-0.3, -0.25) is 9.80 Å². The highest BCUT2D eigenvalue weighted by atomic mass is 32.2. The molecule has 5 nitrogen and oxygen atoms in total. The topological polar surface area (TPSA) is 43.9 Å². The molecule has 19 heavy (non-hydrogen) atoms. The maximum Gasteiger partial charge on any atom is 0.211 e.